The van der Waals surface area contributed by atoms with E-state index in [2.05, 4.69) is 15.1 Å². The van der Waals surface area contributed by atoms with Crippen molar-refractivity contribution in [1.29, 1.82) is 0 Å². The molecule has 0 saturated carbocycles. The number of carbonyl (C=O) groups is 1. The van der Waals surface area contributed by atoms with Crippen LogP contribution in [0.2, 0.25) is 0 Å². The molecule has 0 aliphatic rings. The smallest absolute Gasteiger partial charge is 0.166 e. The van der Waals surface area contributed by atoms with Crippen molar-refractivity contribution in [3.63, 3.8) is 0 Å². The van der Waals surface area contributed by atoms with Crippen LogP contribution in [0.1, 0.15) is 15.9 Å². The van der Waals surface area contributed by atoms with E-state index in [1.165, 1.54) is 17.3 Å². The highest BCUT2D eigenvalue weighted by Crippen LogP contribution is 2.11. The topological polar surface area (TPSA) is 60.7 Å². The van der Waals surface area contributed by atoms with E-state index in [4.69, 9.17) is 0 Å². The van der Waals surface area contributed by atoms with Gasteiger partial charge in [0, 0.05) is 6.20 Å². The number of nitrogens with zero attached hydrogens (tertiary/aromatic N) is 4. The maximum Gasteiger partial charge on any atom is 0.166 e. The Balaban J connectivity index is 2.64. The van der Waals surface area contributed by atoms with Crippen LogP contribution in [0, 0.1) is 6.92 Å². The van der Waals surface area contributed by atoms with E-state index >= 15 is 0 Å². The molecular formula is C9H8N4O. The second-order valence-corrected chi connectivity index (χ2v) is 2.82. The van der Waals surface area contributed by atoms with Gasteiger partial charge in [0.25, 0.3) is 0 Å². The molecule has 0 atom stereocenters. The molecule has 0 bridgehead atoms. The Labute approximate surface area is 80.4 Å². The Morgan fingerprint density at radius 1 is 1.50 bits per heavy atom. The van der Waals surface area contributed by atoms with Gasteiger partial charge in [-0.3, -0.25) is 4.79 Å². The van der Waals surface area contributed by atoms with E-state index in [-0.39, 0.29) is 0 Å². The maximum absolute atomic E-state index is 10.8. The minimum atomic E-state index is 0.512. The van der Waals surface area contributed by atoms with E-state index in [1.54, 1.807) is 12.3 Å². The molecule has 0 saturated heterocycles. The Kier molecular flexibility index (Phi) is 2.06. The van der Waals surface area contributed by atoms with Crippen molar-refractivity contribution >= 4 is 6.29 Å². The summed E-state index contributed by atoms with van der Waals surface area (Å²) in [5, 5.41) is 3.92. The molecule has 0 aliphatic carbocycles. The summed E-state index contributed by atoms with van der Waals surface area (Å²) in [4.78, 5) is 18.7. The van der Waals surface area contributed by atoms with Crippen LogP contribution in [0.15, 0.2) is 24.9 Å². The van der Waals surface area contributed by atoms with E-state index in [0.717, 1.165) is 11.8 Å². The number of rotatable bonds is 2. The van der Waals surface area contributed by atoms with Gasteiger partial charge in [0.15, 0.2) is 12.1 Å². The fraction of sp³-hybridized carbons (Fsp3) is 0.111. The van der Waals surface area contributed by atoms with E-state index in [0.29, 0.717) is 11.4 Å². The molecule has 5 nitrogen and oxygen atoms in total. The van der Waals surface area contributed by atoms with Crippen LogP contribution in [0.5, 0.6) is 0 Å². The van der Waals surface area contributed by atoms with Crippen molar-refractivity contribution in [2.24, 2.45) is 0 Å². The molecule has 5 heteroatoms. The van der Waals surface area contributed by atoms with Crippen molar-refractivity contribution in [1.82, 2.24) is 19.7 Å². The lowest BCUT2D eigenvalue weighted by Crippen LogP contribution is -2.04. The van der Waals surface area contributed by atoms with Crippen LogP contribution >= 0.6 is 0 Å². The number of pyridine rings is 1. The van der Waals surface area contributed by atoms with Gasteiger partial charge < -0.3 is 0 Å². The molecule has 2 rings (SSSR count). The van der Waals surface area contributed by atoms with Gasteiger partial charge in [0.05, 0.1) is 5.56 Å². The molecule has 2 heterocycles. The van der Waals surface area contributed by atoms with Crippen molar-refractivity contribution in [3.8, 4) is 5.82 Å². The zero-order valence-corrected chi connectivity index (χ0v) is 7.58. The molecule has 70 valence electrons. The third-order valence-electron chi connectivity index (χ3n) is 1.94. The van der Waals surface area contributed by atoms with E-state index < -0.39 is 0 Å². The summed E-state index contributed by atoms with van der Waals surface area (Å²) in [6.45, 7) is 1.85. The quantitative estimate of drug-likeness (QED) is 0.653. The lowest BCUT2D eigenvalue weighted by Gasteiger charge is -2.04. The third kappa shape index (κ3) is 1.28. The van der Waals surface area contributed by atoms with Crippen molar-refractivity contribution in [2.75, 3.05) is 0 Å². The molecule has 0 amide bonds. The second-order valence-electron chi connectivity index (χ2n) is 2.82. The van der Waals surface area contributed by atoms with Gasteiger partial charge in [-0.25, -0.2) is 14.6 Å². The minimum absolute atomic E-state index is 0.512. The number of hydrogen-bond acceptors (Lipinski definition) is 4. The molecule has 14 heavy (non-hydrogen) atoms. The highest BCUT2D eigenvalue weighted by Gasteiger charge is 2.07. The summed E-state index contributed by atoms with van der Waals surface area (Å²) in [6.07, 6.45) is 5.33. The summed E-state index contributed by atoms with van der Waals surface area (Å²) in [5.41, 5.74) is 1.42. The maximum atomic E-state index is 10.8. The first-order chi connectivity index (χ1) is 6.83. The van der Waals surface area contributed by atoms with Gasteiger partial charge in [0.1, 0.15) is 12.7 Å². The Bertz CT molecular complexity index is 450. The van der Waals surface area contributed by atoms with Gasteiger partial charge in [-0.05, 0) is 18.6 Å². The first-order valence-electron chi connectivity index (χ1n) is 4.08. The third-order valence-corrected chi connectivity index (χ3v) is 1.94. The average Bonchev–Trinajstić information content (AvgIpc) is 2.70. The summed E-state index contributed by atoms with van der Waals surface area (Å²) < 4.78 is 1.47. The van der Waals surface area contributed by atoms with Gasteiger partial charge in [0.2, 0.25) is 0 Å². The van der Waals surface area contributed by atoms with Gasteiger partial charge >= 0.3 is 0 Å². The highest BCUT2D eigenvalue weighted by atomic mass is 16.1. The van der Waals surface area contributed by atoms with Crippen LogP contribution in [0.3, 0.4) is 0 Å². The van der Waals surface area contributed by atoms with Gasteiger partial charge in [-0.1, -0.05) is 0 Å². The molecule has 0 aliphatic heterocycles. The average molecular weight is 188 g/mol. The normalized spacial score (nSPS) is 10.1. The molecule has 2 aromatic heterocycles. The first-order valence-corrected chi connectivity index (χ1v) is 4.08. The molecule has 0 N–H and O–H groups in total. The fourth-order valence-corrected chi connectivity index (χ4v) is 1.20. The van der Waals surface area contributed by atoms with Crippen molar-refractivity contribution < 1.29 is 4.79 Å². The molecule has 0 radical (unpaired) electrons. The molecule has 0 aromatic carbocycles. The van der Waals surface area contributed by atoms with Crippen LogP contribution in [0.25, 0.3) is 5.82 Å². The molecule has 0 fully saturated rings. The molecular weight excluding hydrogens is 180 g/mol. The number of aryl methyl sites for hydroxylation is 1. The van der Waals surface area contributed by atoms with Gasteiger partial charge in [-0.2, -0.15) is 5.10 Å². The van der Waals surface area contributed by atoms with E-state index in [1.807, 2.05) is 6.92 Å². The highest BCUT2D eigenvalue weighted by molar-refractivity contribution is 5.81. The Morgan fingerprint density at radius 2 is 2.36 bits per heavy atom. The van der Waals surface area contributed by atoms with E-state index in [9.17, 15) is 4.79 Å². The summed E-state index contributed by atoms with van der Waals surface area (Å²) in [6, 6.07) is 1.78. The van der Waals surface area contributed by atoms with Crippen LogP contribution in [-0.4, -0.2) is 26.0 Å². The lowest BCUT2D eigenvalue weighted by molar-refractivity contribution is 0.112. The Morgan fingerprint density at radius 3 is 3.00 bits per heavy atom. The first kappa shape index (κ1) is 8.55. The van der Waals surface area contributed by atoms with Crippen molar-refractivity contribution in [3.05, 3.63) is 36.0 Å². The zero-order valence-electron chi connectivity index (χ0n) is 7.58. The standard InChI is InChI=1S/C9H8N4O/c1-7-2-3-11-9(8(7)4-14)13-6-10-5-12-13/h2-6H,1H3. The van der Waals surface area contributed by atoms with Crippen LogP contribution < -0.4 is 0 Å². The summed E-state index contributed by atoms with van der Waals surface area (Å²) >= 11 is 0. The molecule has 0 spiro atoms. The van der Waals surface area contributed by atoms with Crippen molar-refractivity contribution in [2.45, 2.75) is 6.92 Å². The zero-order chi connectivity index (χ0) is 9.97. The summed E-state index contributed by atoms with van der Waals surface area (Å²) in [7, 11) is 0. The summed E-state index contributed by atoms with van der Waals surface area (Å²) in [5.74, 6) is 0.512. The number of hydrogen-bond donors (Lipinski definition) is 0. The predicted octanol–water partition coefficient (Wildman–Crippen LogP) is 0.783. The SMILES string of the molecule is Cc1ccnc(-n2cncn2)c1C=O. The fourth-order valence-electron chi connectivity index (χ4n) is 1.20. The second kappa shape index (κ2) is 3.37. The largest absolute Gasteiger partial charge is 0.298 e. The minimum Gasteiger partial charge on any atom is -0.298 e. The monoisotopic (exact) mass is 188 g/mol. The van der Waals surface area contributed by atoms with Gasteiger partial charge in [-0.15, -0.1) is 0 Å². The van der Waals surface area contributed by atoms with Crippen LogP contribution in [-0.2, 0) is 0 Å². The number of carbonyl (C=O) groups excluding carboxylic acids is 1. The predicted molar refractivity (Wildman–Crippen MR) is 49.3 cm³/mol. The molecule has 0 unspecified atom stereocenters. The number of aromatic nitrogens is 4. The number of aldehydes is 1. The molecule has 2 aromatic rings. The lowest BCUT2D eigenvalue weighted by atomic mass is 10.1. The Hall–Kier alpha value is -2.04. The van der Waals surface area contributed by atoms with Crippen LogP contribution in [0.4, 0.5) is 0 Å².